The van der Waals surface area contributed by atoms with Crippen molar-refractivity contribution in [1.82, 2.24) is 5.32 Å². The molecule has 0 saturated heterocycles. The van der Waals surface area contributed by atoms with Gasteiger partial charge in [0.15, 0.2) is 11.5 Å². The Bertz CT molecular complexity index is 732. The maximum Gasteiger partial charge on any atom is 0.407 e. The Morgan fingerprint density at radius 2 is 2.04 bits per heavy atom. The second-order valence-corrected chi connectivity index (χ2v) is 5.98. The van der Waals surface area contributed by atoms with Gasteiger partial charge in [-0.25, -0.2) is 4.79 Å². The number of alkyl carbamates (subject to hydrolysis) is 1. The number of benzene rings is 2. The summed E-state index contributed by atoms with van der Waals surface area (Å²) in [6, 6.07) is 13.0. The van der Waals surface area contributed by atoms with E-state index in [1.54, 1.807) is 18.2 Å². The lowest BCUT2D eigenvalue weighted by Crippen LogP contribution is -2.24. The fourth-order valence-corrected chi connectivity index (χ4v) is 2.53. The number of phenolic OH excluding ortho intramolecular Hbond substituents is 1. The summed E-state index contributed by atoms with van der Waals surface area (Å²) < 4.78 is 11.0. The highest BCUT2D eigenvalue weighted by Crippen LogP contribution is 2.35. The predicted molar refractivity (Wildman–Crippen MR) is 101 cm³/mol. The van der Waals surface area contributed by atoms with Crippen molar-refractivity contribution in [3.8, 4) is 11.5 Å². The molecule has 0 aliphatic heterocycles. The highest BCUT2D eigenvalue weighted by Gasteiger charge is 2.07. The maximum absolute atomic E-state index is 11.6. The first-order chi connectivity index (χ1) is 12.1. The summed E-state index contributed by atoms with van der Waals surface area (Å²) in [6.07, 6.45) is 3.14. The Morgan fingerprint density at radius 3 is 2.76 bits per heavy atom. The Labute approximate surface area is 155 Å². The number of halogens is 1. The molecule has 0 aliphatic rings. The molecular weight excluding hydrogens is 386 g/mol. The molecule has 0 aliphatic carbocycles. The van der Waals surface area contributed by atoms with E-state index in [0.717, 1.165) is 11.1 Å². The molecule has 5 nitrogen and oxygen atoms in total. The zero-order valence-electron chi connectivity index (χ0n) is 13.9. The zero-order valence-corrected chi connectivity index (χ0v) is 15.5. The summed E-state index contributed by atoms with van der Waals surface area (Å²) in [4.78, 5) is 11.6. The largest absolute Gasteiger partial charge is 0.503 e. The van der Waals surface area contributed by atoms with Crippen LogP contribution >= 0.6 is 15.9 Å². The van der Waals surface area contributed by atoms with Gasteiger partial charge >= 0.3 is 6.09 Å². The molecule has 0 heterocycles. The van der Waals surface area contributed by atoms with Gasteiger partial charge in [0.05, 0.1) is 11.1 Å². The van der Waals surface area contributed by atoms with Gasteiger partial charge in [0, 0.05) is 6.54 Å². The Kier molecular flexibility index (Phi) is 7.35. The summed E-state index contributed by atoms with van der Waals surface area (Å²) in [5.74, 6) is 0.480. The van der Waals surface area contributed by atoms with Crippen molar-refractivity contribution in [3.05, 3.63) is 64.1 Å². The van der Waals surface area contributed by atoms with Gasteiger partial charge in [-0.05, 0) is 46.1 Å². The minimum Gasteiger partial charge on any atom is -0.503 e. The van der Waals surface area contributed by atoms with Crippen molar-refractivity contribution in [2.45, 2.75) is 13.5 Å². The van der Waals surface area contributed by atoms with Crippen LogP contribution in [0.4, 0.5) is 4.79 Å². The molecule has 2 N–H and O–H groups in total. The third kappa shape index (κ3) is 6.15. The SMILES string of the molecule is CCOc1cc(C=CCNC(=O)OCc2ccccc2)cc(Br)c1O. The summed E-state index contributed by atoms with van der Waals surface area (Å²) in [7, 11) is 0. The van der Waals surface area contributed by atoms with Crippen molar-refractivity contribution < 1.29 is 19.4 Å². The summed E-state index contributed by atoms with van der Waals surface area (Å²) in [6.45, 7) is 2.87. The molecule has 25 heavy (non-hydrogen) atoms. The van der Waals surface area contributed by atoms with Gasteiger partial charge in [-0.15, -0.1) is 0 Å². The van der Waals surface area contributed by atoms with E-state index in [-0.39, 0.29) is 12.4 Å². The van der Waals surface area contributed by atoms with Crippen LogP contribution in [0, 0.1) is 0 Å². The van der Waals surface area contributed by atoms with E-state index in [1.807, 2.05) is 43.3 Å². The summed E-state index contributed by atoms with van der Waals surface area (Å²) >= 11 is 3.29. The second kappa shape index (κ2) is 9.74. The van der Waals surface area contributed by atoms with Crippen molar-refractivity contribution in [3.63, 3.8) is 0 Å². The topological polar surface area (TPSA) is 67.8 Å². The summed E-state index contributed by atoms with van der Waals surface area (Å²) in [5, 5.41) is 12.5. The minimum absolute atomic E-state index is 0.0709. The first kappa shape index (κ1) is 18.9. The fraction of sp³-hybridized carbons (Fsp3) is 0.211. The van der Waals surface area contributed by atoms with E-state index in [9.17, 15) is 9.90 Å². The van der Waals surface area contributed by atoms with Crippen LogP contribution < -0.4 is 10.1 Å². The Morgan fingerprint density at radius 1 is 1.28 bits per heavy atom. The van der Waals surface area contributed by atoms with Gasteiger partial charge in [0.1, 0.15) is 6.61 Å². The molecular formula is C19H20BrNO4. The van der Waals surface area contributed by atoms with Crippen LogP contribution in [0.1, 0.15) is 18.1 Å². The van der Waals surface area contributed by atoms with E-state index in [2.05, 4.69) is 21.2 Å². The number of ether oxygens (including phenoxy) is 2. The van der Waals surface area contributed by atoms with Crippen LogP contribution in [0.25, 0.3) is 6.08 Å². The number of carbonyl (C=O) groups is 1. The number of carbonyl (C=O) groups excluding carboxylic acids is 1. The number of nitrogens with one attached hydrogen (secondary N) is 1. The Hall–Kier alpha value is -2.47. The molecule has 2 aromatic carbocycles. The van der Waals surface area contributed by atoms with Crippen molar-refractivity contribution in [2.24, 2.45) is 0 Å². The highest BCUT2D eigenvalue weighted by atomic mass is 79.9. The molecule has 6 heteroatoms. The van der Waals surface area contributed by atoms with E-state index < -0.39 is 6.09 Å². The molecule has 0 saturated carbocycles. The quantitative estimate of drug-likeness (QED) is 0.711. The van der Waals surface area contributed by atoms with Gasteiger partial charge in [-0.3, -0.25) is 0 Å². The lowest BCUT2D eigenvalue weighted by molar-refractivity contribution is 0.141. The number of amides is 1. The number of aromatic hydroxyl groups is 1. The molecule has 0 fully saturated rings. The van der Waals surface area contributed by atoms with Gasteiger partial charge < -0.3 is 19.9 Å². The molecule has 0 unspecified atom stereocenters. The maximum atomic E-state index is 11.6. The zero-order chi connectivity index (χ0) is 18.1. The number of rotatable bonds is 7. The average molecular weight is 406 g/mol. The first-order valence-corrected chi connectivity index (χ1v) is 8.66. The average Bonchev–Trinajstić information content (AvgIpc) is 2.62. The lowest BCUT2D eigenvalue weighted by Gasteiger charge is -2.08. The van der Waals surface area contributed by atoms with Gasteiger partial charge in [-0.1, -0.05) is 42.5 Å². The highest BCUT2D eigenvalue weighted by molar-refractivity contribution is 9.10. The monoisotopic (exact) mass is 405 g/mol. The molecule has 0 spiro atoms. The number of hydrogen-bond acceptors (Lipinski definition) is 4. The van der Waals surface area contributed by atoms with Crippen LogP contribution in [0.3, 0.4) is 0 Å². The smallest absolute Gasteiger partial charge is 0.407 e. The molecule has 0 radical (unpaired) electrons. The molecule has 0 bridgehead atoms. The van der Waals surface area contributed by atoms with Crippen LogP contribution in [0.2, 0.25) is 0 Å². The van der Waals surface area contributed by atoms with E-state index >= 15 is 0 Å². The third-order valence-corrected chi connectivity index (χ3v) is 3.84. The standard InChI is InChI=1S/C19H20BrNO4/c1-2-24-17-12-15(11-16(20)18(17)22)9-6-10-21-19(23)25-13-14-7-4-3-5-8-14/h3-9,11-12,22H,2,10,13H2,1H3,(H,21,23). The predicted octanol–water partition coefficient (Wildman–Crippen LogP) is 4.49. The summed E-state index contributed by atoms with van der Waals surface area (Å²) in [5.41, 5.74) is 1.78. The normalized spacial score (nSPS) is 10.6. The van der Waals surface area contributed by atoms with E-state index in [4.69, 9.17) is 9.47 Å². The van der Waals surface area contributed by atoms with Crippen molar-refractivity contribution >= 4 is 28.1 Å². The van der Waals surface area contributed by atoms with Crippen molar-refractivity contribution in [2.75, 3.05) is 13.2 Å². The van der Waals surface area contributed by atoms with Crippen LogP contribution in [-0.2, 0) is 11.3 Å². The van der Waals surface area contributed by atoms with Crippen LogP contribution in [-0.4, -0.2) is 24.4 Å². The molecule has 2 rings (SSSR count). The van der Waals surface area contributed by atoms with E-state index in [0.29, 0.717) is 23.4 Å². The molecule has 2 aromatic rings. The van der Waals surface area contributed by atoms with Gasteiger partial charge in [0.2, 0.25) is 0 Å². The molecule has 0 atom stereocenters. The van der Waals surface area contributed by atoms with Gasteiger partial charge in [0.25, 0.3) is 0 Å². The van der Waals surface area contributed by atoms with E-state index in [1.165, 1.54) is 0 Å². The number of hydrogen-bond donors (Lipinski definition) is 2. The van der Waals surface area contributed by atoms with Crippen LogP contribution in [0.5, 0.6) is 11.5 Å². The van der Waals surface area contributed by atoms with Crippen LogP contribution in [0.15, 0.2) is 53.0 Å². The molecule has 0 aromatic heterocycles. The molecule has 1 amide bonds. The Balaban J connectivity index is 1.81. The van der Waals surface area contributed by atoms with Gasteiger partial charge in [-0.2, -0.15) is 0 Å². The minimum atomic E-state index is -0.476. The second-order valence-electron chi connectivity index (χ2n) is 5.13. The first-order valence-electron chi connectivity index (χ1n) is 7.86. The van der Waals surface area contributed by atoms with Crippen molar-refractivity contribution in [1.29, 1.82) is 0 Å². The lowest BCUT2D eigenvalue weighted by atomic mass is 10.2. The number of phenols is 1. The third-order valence-electron chi connectivity index (χ3n) is 3.24. The molecule has 132 valence electrons. The fourth-order valence-electron chi connectivity index (χ4n) is 2.07.